The van der Waals surface area contributed by atoms with Crippen LogP contribution in [0.1, 0.15) is 48.5 Å². The van der Waals surface area contributed by atoms with Crippen LogP contribution >= 0.6 is 11.8 Å². The van der Waals surface area contributed by atoms with E-state index >= 15 is 0 Å². The van der Waals surface area contributed by atoms with Crippen molar-refractivity contribution in [2.45, 2.75) is 43.4 Å². The van der Waals surface area contributed by atoms with Crippen LogP contribution in [0.5, 0.6) is 0 Å². The summed E-state index contributed by atoms with van der Waals surface area (Å²) in [7, 11) is 0. The molecule has 1 N–H and O–H groups in total. The summed E-state index contributed by atoms with van der Waals surface area (Å²) < 4.78 is -0.286. The van der Waals surface area contributed by atoms with Crippen LogP contribution in [0, 0.1) is 0 Å². The zero-order valence-corrected chi connectivity index (χ0v) is 13.4. The third-order valence-electron chi connectivity index (χ3n) is 4.09. The molecule has 21 heavy (non-hydrogen) atoms. The number of carbonyl (C=O) groups excluding carboxylic acids is 2. The van der Waals surface area contributed by atoms with E-state index in [2.05, 4.69) is 5.32 Å². The molecule has 2 aliphatic rings. The highest BCUT2D eigenvalue weighted by atomic mass is 32.2. The van der Waals surface area contributed by atoms with Crippen molar-refractivity contribution in [2.75, 3.05) is 6.54 Å². The number of benzene rings is 1. The third-order valence-corrected chi connectivity index (χ3v) is 5.63. The number of nitrogens with one attached hydrogen (secondary N) is 1. The summed E-state index contributed by atoms with van der Waals surface area (Å²) in [6.07, 6.45) is 0.892. The maximum Gasteiger partial charge on any atom is 0.256 e. The number of hydrogen-bond acceptors (Lipinski definition) is 3. The van der Waals surface area contributed by atoms with Gasteiger partial charge in [-0.3, -0.25) is 9.59 Å². The Balaban J connectivity index is 1.96. The lowest BCUT2D eigenvalue weighted by Gasteiger charge is -2.29. The third kappa shape index (κ3) is 2.14. The standard InChI is InChI=1S/C16H20N2O2S/c1-4-9-17-13(19)12-16(2,3)21-15-11-8-6-5-7-10(11)14(20)18(12)15/h5-8,12,15H,4,9H2,1-3H3,(H,17,19). The van der Waals surface area contributed by atoms with E-state index in [1.54, 1.807) is 16.7 Å². The van der Waals surface area contributed by atoms with Crippen molar-refractivity contribution in [3.63, 3.8) is 0 Å². The average molecular weight is 304 g/mol. The maximum atomic E-state index is 12.7. The van der Waals surface area contributed by atoms with Crippen LogP contribution in [0.2, 0.25) is 0 Å². The van der Waals surface area contributed by atoms with Gasteiger partial charge in [0.1, 0.15) is 11.4 Å². The molecule has 0 radical (unpaired) electrons. The number of nitrogens with zero attached hydrogens (tertiary/aromatic N) is 1. The first-order chi connectivity index (χ1) is 9.97. The van der Waals surface area contributed by atoms with Gasteiger partial charge in [0.05, 0.1) is 0 Å². The van der Waals surface area contributed by atoms with Gasteiger partial charge in [0.25, 0.3) is 5.91 Å². The molecule has 0 spiro atoms. The summed E-state index contributed by atoms with van der Waals surface area (Å²) in [5, 5.41) is 2.90. The molecule has 112 valence electrons. The predicted octanol–water partition coefficient (Wildman–Crippen LogP) is 2.56. The van der Waals surface area contributed by atoms with E-state index in [1.807, 2.05) is 45.0 Å². The zero-order chi connectivity index (χ0) is 15.2. The average Bonchev–Trinajstić information content (AvgIpc) is 2.88. The molecule has 3 rings (SSSR count). The van der Waals surface area contributed by atoms with Crippen LogP contribution in [0.3, 0.4) is 0 Å². The molecule has 0 bridgehead atoms. The molecule has 1 saturated heterocycles. The minimum atomic E-state index is -0.418. The first-order valence-electron chi connectivity index (χ1n) is 7.34. The lowest BCUT2D eigenvalue weighted by Crippen LogP contribution is -2.52. The van der Waals surface area contributed by atoms with Crippen molar-refractivity contribution in [1.82, 2.24) is 10.2 Å². The topological polar surface area (TPSA) is 49.4 Å². The smallest absolute Gasteiger partial charge is 0.256 e. The van der Waals surface area contributed by atoms with Crippen molar-refractivity contribution in [3.8, 4) is 0 Å². The molecule has 2 atom stereocenters. The first kappa shape index (κ1) is 14.4. The summed E-state index contributed by atoms with van der Waals surface area (Å²) in [5.41, 5.74) is 1.77. The van der Waals surface area contributed by atoms with Crippen LogP contribution in [0.15, 0.2) is 24.3 Å². The molecule has 2 aliphatic heterocycles. The van der Waals surface area contributed by atoms with Gasteiger partial charge in [-0.15, -0.1) is 11.8 Å². The number of rotatable bonds is 3. The molecule has 4 nitrogen and oxygen atoms in total. The van der Waals surface area contributed by atoms with Crippen molar-refractivity contribution in [1.29, 1.82) is 0 Å². The fraction of sp³-hybridized carbons (Fsp3) is 0.500. The quantitative estimate of drug-likeness (QED) is 0.933. The van der Waals surface area contributed by atoms with Crippen molar-refractivity contribution in [2.24, 2.45) is 0 Å². The van der Waals surface area contributed by atoms with Crippen LogP contribution in [0.4, 0.5) is 0 Å². The van der Waals surface area contributed by atoms with E-state index in [1.165, 1.54) is 0 Å². The summed E-state index contributed by atoms with van der Waals surface area (Å²) in [6.45, 7) is 6.76. The Hall–Kier alpha value is -1.49. The van der Waals surface area contributed by atoms with Gasteiger partial charge in [-0.25, -0.2) is 0 Å². The Morgan fingerprint density at radius 3 is 2.81 bits per heavy atom. The summed E-state index contributed by atoms with van der Waals surface area (Å²) in [4.78, 5) is 27.0. The van der Waals surface area contributed by atoms with Gasteiger partial charge in [-0.05, 0) is 31.9 Å². The fourth-order valence-corrected chi connectivity index (χ4v) is 4.74. The molecule has 2 heterocycles. The second-order valence-corrected chi connectivity index (χ2v) is 7.80. The molecule has 1 fully saturated rings. The molecule has 5 heteroatoms. The van der Waals surface area contributed by atoms with E-state index < -0.39 is 6.04 Å². The Morgan fingerprint density at radius 2 is 2.10 bits per heavy atom. The van der Waals surface area contributed by atoms with E-state index in [4.69, 9.17) is 0 Å². The normalized spacial score (nSPS) is 25.7. The lowest BCUT2D eigenvalue weighted by molar-refractivity contribution is -0.126. The number of thioether (sulfide) groups is 1. The lowest BCUT2D eigenvalue weighted by atomic mass is 10.0. The molecule has 2 unspecified atom stereocenters. The van der Waals surface area contributed by atoms with Gasteiger partial charge in [0.2, 0.25) is 5.91 Å². The largest absolute Gasteiger partial charge is 0.354 e. The minimum Gasteiger partial charge on any atom is -0.354 e. The van der Waals surface area contributed by atoms with Gasteiger partial charge >= 0.3 is 0 Å². The number of fused-ring (bicyclic) bond motifs is 3. The number of carbonyl (C=O) groups is 2. The molecule has 0 saturated carbocycles. The Labute approximate surface area is 129 Å². The van der Waals surface area contributed by atoms with Gasteiger partial charge in [-0.2, -0.15) is 0 Å². The Bertz CT molecular complexity index is 600. The Kier molecular flexibility index (Phi) is 3.48. The van der Waals surface area contributed by atoms with Crippen molar-refractivity contribution < 1.29 is 9.59 Å². The van der Waals surface area contributed by atoms with E-state index in [0.717, 1.165) is 17.5 Å². The van der Waals surface area contributed by atoms with Crippen LogP contribution < -0.4 is 5.32 Å². The highest BCUT2D eigenvalue weighted by Crippen LogP contribution is 2.56. The van der Waals surface area contributed by atoms with E-state index in [9.17, 15) is 9.59 Å². The van der Waals surface area contributed by atoms with Crippen LogP contribution in [-0.4, -0.2) is 34.0 Å². The number of amides is 2. The summed E-state index contributed by atoms with van der Waals surface area (Å²) in [6, 6.07) is 7.26. The fourth-order valence-electron chi connectivity index (χ4n) is 3.15. The molecular formula is C16H20N2O2S. The Morgan fingerprint density at radius 1 is 1.38 bits per heavy atom. The molecular weight excluding hydrogens is 284 g/mol. The molecule has 1 aromatic carbocycles. The van der Waals surface area contributed by atoms with Crippen LogP contribution in [0.25, 0.3) is 0 Å². The number of hydrogen-bond donors (Lipinski definition) is 1. The predicted molar refractivity (Wildman–Crippen MR) is 84.1 cm³/mol. The van der Waals surface area contributed by atoms with Gasteiger partial charge in [0.15, 0.2) is 0 Å². The molecule has 2 amide bonds. The van der Waals surface area contributed by atoms with Crippen molar-refractivity contribution >= 4 is 23.6 Å². The van der Waals surface area contributed by atoms with E-state index in [0.29, 0.717) is 6.54 Å². The van der Waals surface area contributed by atoms with Gasteiger partial charge in [0, 0.05) is 16.9 Å². The second-order valence-electron chi connectivity index (χ2n) is 6.07. The second kappa shape index (κ2) is 5.05. The minimum absolute atomic E-state index is 0.0228. The first-order valence-corrected chi connectivity index (χ1v) is 8.22. The van der Waals surface area contributed by atoms with Gasteiger partial charge < -0.3 is 10.2 Å². The molecule has 1 aromatic rings. The summed E-state index contributed by atoms with van der Waals surface area (Å²) in [5.74, 6) is -0.0664. The van der Waals surface area contributed by atoms with Crippen LogP contribution in [-0.2, 0) is 4.79 Å². The summed E-state index contributed by atoms with van der Waals surface area (Å²) >= 11 is 1.70. The van der Waals surface area contributed by atoms with E-state index in [-0.39, 0.29) is 21.9 Å². The molecule has 0 aliphatic carbocycles. The monoisotopic (exact) mass is 304 g/mol. The zero-order valence-electron chi connectivity index (χ0n) is 12.6. The highest BCUT2D eigenvalue weighted by molar-refractivity contribution is 8.01. The SMILES string of the molecule is CCCNC(=O)C1N2C(=O)c3ccccc3C2SC1(C)C. The van der Waals surface area contributed by atoms with Gasteiger partial charge in [-0.1, -0.05) is 25.1 Å². The highest BCUT2D eigenvalue weighted by Gasteiger charge is 2.57. The molecule has 0 aromatic heterocycles. The van der Waals surface area contributed by atoms with Crippen molar-refractivity contribution in [3.05, 3.63) is 35.4 Å². The maximum absolute atomic E-state index is 12.7.